The van der Waals surface area contributed by atoms with E-state index in [4.69, 9.17) is 9.47 Å². The van der Waals surface area contributed by atoms with Gasteiger partial charge in [0.05, 0.1) is 18.8 Å². The maximum Gasteiger partial charge on any atom is 0.220 e. The van der Waals surface area contributed by atoms with E-state index in [1.165, 1.54) is 89.9 Å². The van der Waals surface area contributed by atoms with Gasteiger partial charge in [0.2, 0.25) is 5.91 Å². The number of aliphatic hydroxyl groups is 1. The van der Waals surface area contributed by atoms with E-state index >= 15 is 0 Å². The Kier molecular flexibility index (Phi) is 19.8. The van der Waals surface area contributed by atoms with Crippen molar-refractivity contribution in [3.8, 4) is 0 Å². The molecule has 6 heteroatoms. The van der Waals surface area contributed by atoms with Crippen LogP contribution < -0.4 is 5.32 Å². The van der Waals surface area contributed by atoms with Crippen molar-refractivity contribution < 1.29 is 19.4 Å². The predicted molar refractivity (Wildman–Crippen MR) is 178 cm³/mol. The minimum atomic E-state index is -0.663. The number of unbranched alkanes of at least 4 members (excludes halogenated alkanes) is 15. The fourth-order valence-corrected chi connectivity index (χ4v) is 7.08. The molecular formula is C36H63NO4S. The van der Waals surface area contributed by atoms with Crippen LogP contribution >= 0.6 is 11.8 Å². The van der Waals surface area contributed by atoms with Crippen molar-refractivity contribution in [2.45, 2.75) is 185 Å². The molecule has 242 valence electrons. The van der Waals surface area contributed by atoms with E-state index < -0.39 is 5.79 Å². The highest BCUT2D eigenvalue weighted by Gasteiger charge is 2.45. The first-order valence-electron chi connectivity index (χ1n) is 17.4. The molecule has 3 atom stereocenters. The molecule has 5 nitrogen and oxygen atoms in total. The Balaban J connectivity index is 1.88. The summed E-state index contributed by atoms with van der Waals surface area (Å²) in [5, 5.41) is 13.2. The van der Waals surface area contributed by atoms with Crippen molar-refractivity contribution in [2.75, 3.05) is 5.75 Å². The predicted octanol–water partition coefficient (Wildman–Crippen LogP) is 9.73. The molecule has 0 radical (unpaired) electrons. The number of hydrogen-bond donors (Lipinski definition) is 2. The van der Waals surface area contributed by atoms with E-state index in [2.05, 4.69) is 19.2 Å². The molecule has 0 unspecified atom stereocenters. The first-order valence-corrected chi connectivity index (χ1v) is 18.3. The van der Waals surface area contributed by atoms with Gasteiger partial charge in [-0.15, -0.1) is 11.8 Å². The van der Waals surface area contributed by atoms with Crippen LogP contribution in [0.25, 0.3) is 0 Å². The van der Waals surface area contributed by atoms with Gasteiger partial charge in [-0.1, -0.05) is 135 Å². The van der Waals surface area contributed by atoms with E-state index in [9.17, 15) is 9.90 Å². The van der Waals surface area contributed by atoms with Crippen molar-refractivity contribution >= 4 is 17.7 Å². The average Bonchev–Trinajstić information content (AvgIpc) is 3.29. The summed E-state index contributed by atoms with van der Waals surface area (Å²) in [6.45, 7) is 8.48. The molecule has 0 aromatic heterocycles. The third-order valence-corrected chi connectivity index (χ3v) is 9.61. The Morgan fingerprint density at radius 2 is 1.38 bits per heavy atom. The first kappa shape index (κ1) is 37.1. The lowest BCUT2D eigenvalue weighted by Crippen LogP contribution is -2.49. The van der Waals surface area contributed by atoms with Gasteiger partial charge in [0.15, 0.2) is 5.79 Å². The summed E-state index contributed by atoms with van der Waals surface area (Å²) >= 11 is 1.68. The van der Waals surface area contributed by atoms with Crippen molar-refractivity contribution in [3.05, 3.63) is 29.8 Å². The van der Waals surface area contributed by atoms with Gasteiger partial charge in [-0.05, 0) is 38.3 Å². The Hall–Kier alpha value is -1.08. The third kappa shape index (κ3) is 15.6. The molecule has 1 aromatic rings. The lowest BCUT2D eigenvalue weighted by atomic mass is 9.99. The molecule has 1 aliphatic rings. The number of benzene rings is 1. The van der Waals surface area contributed by atoms with E-state index in [1.54, 1.807) is 11.8 Å². The molecule has 0 spiro atoms. The molecule has 1 amide bonds. The molecule has 42 heavy (non-hydrogen) atoms. The number of thioether (sulfide) groups is 1. The lowest BCUT2D eigenvalue weighted by molar-refractivity contribution is -0.149. The lowest BCUT2D eigenvalue weighted by Gasteiger charge is -2.28. The molecule has 0 bridgehead atoms. The van der Waals surface area contributed by atoms with Gasteiger partial charge in [-0.25, -0.2) is 0 Å². The zero-order valence-corrected chi connectivity index (χ0v) is 28.3. The van der Waals surface area contributed by atoms with E-state index in [1.807, 2.05) is 38.1 Å². The fourth-order valence-electron chi connectivity index (χ4n) is 5.96. The number of carbonyl (C=O) groups excluding carboxylic acids is 1. The van der Waals surface area contributed by atoms with Crippen LogP contribution in [0.4, 0.5) is 0 Å². The number of hydrogen-bond acceptors (Lipinski definition) is 5. The minimum absolute atomic E-state index is 0.00954. The highest BCUT2D eigenvalue weighted by Crippen LogP contribution is 2.35. The van der Waals surface area contributed by atoms with E-state index in [-0.39, 0.29) is 30.8 Å². The maximum atomic E-state index is 13.1. The summed E-state index contributed by atoms with van der Waals surface area (Å²) in [5.41, 5.74) is 0.917. The van der Waals surface area contributed by atoms with Crippen molar-refractivity contribution in [2.24, 2.45) is 0 Å². The molecule has 0 saturated carbocycles. The average molecular weight is 606 g/mol. The Morgan fingerprint density at radius 1 is 0.833 bits per heavy atom. The second-order valence-corrected chi connectivity index (χ2v) is 13.8. The standard InChI is InChI=1S/C36H63NO4S/c1-5-7-9-11-12-13-14-15-16-17-19-20-25-32-35(41-36(3,4)40-32)31(37-34(39)27-21-18-10-8-6-2)29-42-33-26-23-22-24-30(33)28-38/h22-24,26,31-32,35,38H,5-21,25,27-29H2,1-4H3,(H,37,39)/t31-,32+,35-/m0/s1. The van der Waals surface area contributed by atoms with Crippen LogP contribution in [0.1, 0.15) is 155 Å². The molecule has 2 N–H and O–H groups in total. The van der Waals surface area contributed by atoms with Crippen molar-refractivity contribution in [1.29, 1.82) is 0 Å². The van der Waals surface area contributed by atoms with Crippen molar-refractivity contribution in [3.63, 3.8) is 0 Å². The maximum absolute atomic E-state index is 13.1. The number of nitrogens with one attached hydrogen (secondary N) is 1. The second kappa shape index (κ2) is 22.4. The molecule has 1 aliphatic heterocycles. The second-order valence-electron chi connectivity index (χ2n) is 12.7. The van der Waals surface area contributed by atoms with Crippen LogP contribution in [0.15, 0.2) is 29.2 Å². The third-order valence-electron chi connectivity index (χ3n) is 8.38. The zero-order valence-electron chi connectivity index (χ0n) is 27.5. The molecule has 1 aromatic carbocycles. The molecular weight excluding hydrogens is 542 g/mol. The first-order chi connectivity index (χ1) is 20.4. The summed E-state index contributed by atoms with van der Waals surface area (Å²) in [6, 6.07) is 7.80. The topological polar surface area (TPSA) is 67.8 Å². The quantitative estimate of drug-likeness (QED) is 0.0858. The summed E-state index contributed by atoms with van der Waals surface area (Å²) in [4.78, 5) is 14.1. The van der Waals surface area contributed by atoms with Crippen LogP contribution in [-0.4, -0.2) is 40.8 Å². The smallest absolute Gasteiger partial charge is 0.220 e. The summed E-state index contributed by atoms with van der Waals surface area (Å²) in [5.74, 6) is 0.117. The Bertz CT molecular complexity index is 832. The van der Waals surface area contributed by atoms with Crippen LogP contribution in [0.2, 0.25) is 0 Å². The largest absolute Gasteiger partial charge is 0.392 e. The van der Waals surface area contributed by atoms with Gasteiger partial charge in [-0.2, -0.15) is 0 Å². The molecule has 2 rings (SSSR count). The van der Waals surface area contributed by atoms with Gasteiger partial charge >= 0.3 is 0 Å². The number of ether oxygens (including phenoxy) is 2. The molecule has 0 aliphatic carbocycles. The van der Waals surface area contributed by atoms with Gasteiger partial charge in [0.1, 0.15) is 6.10 Å². The monoisotopic (exact) mass is 605 g/mol. The summed E-state index contributed by atoms with van der Waals surface area (Å²) < 4.78 is 12.9. The van der Waals surface area contributed by atoms with Gasteiger partial charge in [-0.3, -0.25) is 4.79 Å². The summed E-state index contributed by atoms with van der Waals surface area (Å²) in [6.07, 6.45) is 22.9. The van der Waals surface area contributed by atoms with Gasteiger partial charge in [0, 0.05) is 17.1 Å². The fraction of sp³-hybridized carbons (Fsp3) is 0.806. The number of carbonyl (C=O) groups is 1. The number of amides is 1. The number of aliphatic hydroxyl groups excluding tert-OH is 1. The van der Waals surface area contributed by atoms with Gasteiger partial charge in [0.25, 0.3) is 0 Å². The normalized spacial score (nSPS) is 18.8. The Labute approximate surface area is 262 Å². The van der Waals surface area contributed by atoms with E-state index in [0.29, 0.717) is 12.2 Å². The van der Waals surface area contributed by atoms with Gasteiger partial charge < -0.3 is 19.9 Å². The summed E-state index contributed by atoms with van der Waals surface area (Å²) in [7, 11) is 0. The highest BCUT2D eigenvalue weighted by molar-refractivity contribution is 7.99. The Morgan fingerprint density at radius 3 is 1.98 bits per heavy atom. The molecule has 1 fully saturated rings. The minimum Gasteiger partial charge on any atom is -0.392 e. The molecule has 1 saturated heterocycles. The van der Waals surface area contributed by atoms with Crippen molar-refractivity contribution in [1.82, 2.24) is 5.32 Å². The highest BCUT2D eigenvalue weighted by atomic mass is 32.2. The van der Waals surface area contributed by atoms with Crippen LogP contribution in [-0.2, 0) is 20.9 Å². The zero-order chi connectivity index (χ0) is 30.5. The van der Waals surface area contributed by atoms with E-state index in [0.717, 1.165) is 36.1 Å². The number of rotatable bonds is 25. The van der Waals surface area contributed by atoms with Crippen LogP contribution in [0, 0.1) is 0 Å². The van der Waals surface area contributed by atoms with Crippen LogP contribution in [0.3, 0.4) is 0 Å². The van der Waals surface area contributed by atoms with Crippen LogP contribution in [0.5, 0.6) is 0 Å². The SMILES string of the molecule is CCCCCCCCCCCCCC[C@H]1OC(C)(C)O[C@H]1[C@H](CSc1ccccc1CO)NC(=O)CCCCCCC. The molecule has 1 heterocycles.